The maximum Gasteiger partial charge on any atom is 0.233 e. The Labute approximate surface area is 121 Å². The van der Waals surface area contributed by atoms with Gasteiger partial charge in [0.2, 0.25) is 11.6 Å². The standard InChI is InChI=1S/C14H8Br2O2/c15-11-6-4-9(5-7-11)13(17)14(18)10-2-1-3-12(16)8-10/h1-8H. The second kappa shape index (κ2) is 5.59. The van der Waals surface area contributed by atoms with Gasteiger partial charge in [-0.15, -0.1) is 0 Å². The summed E-state index contributed by atoms with van der Waals surface area (Å²) >= 11 is 6.56. The number of Topliss-reactive ketones (excluding diaryl/α,β-unsaturated/α-hetero) is 2. The molecule has 0 aromatic heterocycles. The highest BCUT2D eigenvalue weighted by Gasteiger charge is 2.18. The Bertz CT molecular complexity index is 603. The Morgan fingerprint density at radius 1 is 0.722 bits per heavy atom. The quantitative estimate of drug-likeness (QED) is 0.599. The Morgan fingerprint density at radius 3 is 1.94 bits per heavy atom. The predicted octanol–water partition coefficient (Wildman–Crippen LogP) is 4.28. The summed E-state index contributed by atoms with van der Waals surface area (Å²) in [6, 6.07) is 13.5. The summed E-state index contributed by atoms with van der Waals surface area (Å²) in [5.41, 5.74) is 0.778. The maximum atomic E-state index is 12.0. The molecule has 0 aliphatic carbocycles. The molecule has 2 rings (SSSR count). The normalized spacial score (nSPS) is 10.1. The molecule has 0 radical (unpaired) electrons. The molecule has 2 aromatic rings. The highest BCUT2D eigenvalue weighted by atomic mass is 79.9. The summed E-state index contributed by atoms with van der Waals surface area (Å²) in [6.45, 7) is 0. The van der Waals surface area contributed by atoms with Crippen molar-refractivity contribution in [2.75, 3.05) is 0 Å². The maximum absolute atomic E-state index is 12.0. The second-order valence-corrected chi connectivity index (χ2v) is 5.51. The summed E-state index contributed by atoms with van der Waals surface area (Å²) < 4.78 is 1.64. The lowest BCUT2D eigenvalue weighted by atomic mass is 10.0. The third-order valence-corrected chi connectivity index (χ3v) is 3.42. The van der Waals surface area contributed by atoms with Crippen molar-refractivity contribution in [1.82, 2.24) is 0 Å². The molecule has 0 N–H and O–H groups in total. The van der Waals surface area contributed by atoms with Gasteiger partial charge in [0.25, 0.3) is 0 Å². The minimum atomic E-state index is -0.501. The molecule has 0 unspecified atom stereocenters. The Hall–Kier alpha value is -1.26. The number of benzene rings is 2. The van der Waals surface area contributed by atoms with E-state index in [1.165, 1.54) is 0 Å². The van der Waals surface area contributed by atoms with Crippen molar-refractivity contribution in [2.24, 2.45) is 0 Å². The minimum Gasteiger partial charge on any atom is -0.285 e. The van der Waals surface area contributed by atoms with Crippen molar-refractivity contribution in [3.63, 3.8) is 0 Å². The van der Waals surface area contributed by atoms with Gasteiger partial charge in [-0.05, 0) is 36.4 Å². The van der Waals surface area contributed by atoms with Crippen LogP contribution in [0.2, 0.25) is 0 Å². The number of hydrogen-bond donors (Lipinski definition) is 0. The van der Waals surface area contributed by atoms with Gasteiger partial charge in [0.05, 0.1) is 0 Å². The fourth-order valence-electron chi connectivity index (χ4n) is 1.49. The zero-order valence-electron chi connectivity index (χ0n) is 9.19. The van der Waals surface area contributed by atoms with Crippen molar-refractivity contribution in [3.05, 3.63) is 68.6 Å². The van der Waals surface area contributed by atoms with Crippen LogP contribution in [0.1, 0.15) is 20.7 Å². The lowest BCUT2D eigenvalue weighted by Crippen LogP contribution is -2.14. The summed E-state index contributed by atoms with van der Waals surface area (Å²) in [4.78, 5) is 24.0. The van der Waals surface area contributed by atoms with Gasteiger partial charge >= 0.3 is 0 Å². The number of carbonyl (C=O) groups excluding carboxylic acids is 2. The molecule has 0 bridgehead atoms. The third-order valence-electron chi connectivity index (χ3n) is 2.40. The smallest absolute Gasteiger partial charge is 0.233 e. The number of ketones is 2. The van der Waals surface area contributed by atoms with Crippen LogP contribution in [-0.2, 0) is 0 Å². The summed E-state index contributed by atoms with van der Waals surface area (Å²) in [5.74, 6) is -1.00. The molecule has 90 valence electrons. The van der Waals surface area contributed by atoms with Gasteiger partial charge in [0.15, 0.2) is 0 Å². The highest BCUT2D eigenvalue weighted by molar-refractivity contribution is 9.10. The number of hydrogen-bond acceptors (Lipinski definition) is 2. The van der Waals surface area contributed by atoms with Gasteiger partial charge in [0.1, 0.15) is 0 Å². The van der Waals surface area contributed by atoms with Gasteiger partial charge in [-0.25, -0.2) is 0 Å². The van der Waals surface area contributed by atoms with E-state index in [2.05, 4.69) is 31.9 Å². The van der Waals surface area contributed by atoms with Gasteiger partial charge in [-0.3, -0.25) is 9.59 Å². The van der Waals surface area contributed by atoms with Crippen molar-refractivity contribution >= 4 is 43.4 Å². The molecule has 0 spiro atoms. The van der Waals surface area contributed by atoms with Gasteiger partial charge in [0, 0.05) is 20.1 Å². The van der Waals surface area contributed by atoms with Crippen LogP contribution in [-0.4, -0.2) is 11.6 Å². The third kappa shape index (κ3) is 2.94. The van der Waals surface area contributed by atoms with E-state index in [1.54, 1.807) is 48.5 Å². The zero-order valence-corrected chi connectivity index (χ0v) is 12.4. The van der Waals surface area contributed by atoms with Crippen LogP contribution in [0.5, 0.6) is 0 Å². The van der Waals surface area contributed by atoms with Crippen LogP contribution >= 0.6 is 31.9 Å². The van der Waals surface area contributed by atoms with Crippen molar-refractivity contribution in [1.29, 1.82) is 0 Å². The van der Waals surface area contributed by atoms with E-state index in [0.717, 1.165) is 8.95 Å². The van der Waals surface area contributed by atoms with Gasteiger partial charge in [-0.1, -0.05) is 44.0 Å². The van der Waals surface area contributed by atoms with Crippen LogP contribution in [0.15, 0.2) is 57.5 Å². The first-order chi connectivity index (χ1) is 8.58. The number of rotatable bonds is 3. The molecule has 0 saturated heterocycles. The molecule has 0 aliphatic rings. The van der Waals surface area contributed by atoms with E-state index in [4.69, 9.17) is 0 Å². The monoisotopic (exact) mass is 366 g/mol. The summed E-state index contributed by atoms with van der Waals surface area (Å²) in [5, 5.41) is 0. The van der Waals surface area contributed by atoms with E-state index >= 15 is 0 Å². The van der Waals surface area contributed by atoms with Crippen molar-refractivity contribution < 1.29 is 9.59 Å². The average Bonchev–Trinajstić information content (AvgIpc) is 2.38. The largest absolute Gasteiger partial charge is 0.285 e. The first-order valence-electron chi connectivity index (χ1n) is 5.18. The molecule has 2 nitrogen and oxygen atoms in total. The highest BCUT2D eigenvalue weighted by Crippen LogP contribution is 2.16. The van der Waals surface area contributed by atoms with E-state index in [-0.39, 0.29) is 0 Å². The zero-order chi connectivity index (χ0) is 13.1. The summed E-state index contributed by atoms with van der Waals surface area (Å²) in [6.07, 6.45) is 0. The molecule has 18 heavy (non-hydrogen) atoms. The van der Waals surface area contributed by atoms with Crippen molar-refractivity contribution in [3.8, 4) is 0 Å². The molecular formula is C14H8Br2O2. The van der Waals surface area contributed by atoms with Crippen LogP contribution < -0.4 is 0 Å². The van der Waals surface area contributed by atoms with E-state index in [0.29, 0.717) is 11.1 Å². The first kappa shape index (κ1) is 13.2. The average molecular weight is 368 g/mol. The number of halogens is 2. The Kier molecular flexibility index (Phi) is 4.09. The lowest BCUT2D eigenvalue weighted by molar-refractivity contribution is 0.0817. The Morgan fingerprint density at radius 2 is 1.33 bits per heavy atom. The molecule has 0 heterocycles. The van der Waals surface area contributed by atoms with E-state index in [1.807, 2.05) is 0 Å². The molecule has 0 saturated carbocycles. The first-order valence-corrected chi connectivity index (χ1v) is 6.76. The van der Waals surface area contributed by atoms with Crippen LogP contribution in [0.3, 0.4) is 0 Å². The van der Waals surface area contributed by atoms with Crippen LogP contribution in [0.4, 0.5) is 0 Å². The van der Waals surface area contributed by atoms with Crippen LogP contribution in [0, 0.1) is 0 Å². The molecule has 4 heteroatoms. The van der Waals surface area contributed by atoms with Crippen LogP contribution in [0.25, 0.3) is 0 Å². The molecule has 2 aromatic carbocycles. The minimum absolute atomic E-state index is 0.386. The Balaban J connectivity index is 2.29. The molecule has 0 atom stereocenters. The predicted molar refractivity (Wildman–Crippen MR) is 76.9 cm³/mol. The van der Waals surface area contributed by atoms with E-state index in [9.17, 15) is 9.59 Å². The van der Waals surface area contributed by atoms with Gasteiger partial charge < -0.3 is 0 Å². The fourth-order valence-corrected chi connectivity index (χ4v) is 2.16. The number of carbonyl (C=O) groups is 2. The van der Waals surface area contributed by atoms with Crippen molar-refractivity contribution in [2.45, 2.75) is 0 Å². The fraction of sp³-hybridized carbons (Fsp3) is 0. The second-order valence-electron chi connectivity index (χ2n) is 3.68. The molecule has 0 aliphatic heterocycles. The summed E-state index contributed by atoms with van der Waals surface area (Å²) in [7, 11) is 0. The SMILES string of the molecule is O=C(C(=O)c1cccc(Br)c1)c1ccc(Br)cc1. The van der Waals surface area contributed by atoms with Gasteiger partial charge in [-0.2, -0.15) is 0 Å². The molecule has 0 amide bonds. The topological polar surface area (TPSA) is 34.1 Å². The van der Waals surface area contributed by atoms with E-state index < -0.39 is 11.6 Å². The molecule has 0 fully saturated rings. The lowest BCUT2D eigenvalue weighted by Gasteiger charge is -2.01. The molecular weight excluding hydrogens is 360 g/mol.